The second kappa shape index (κ2) is 5.68. The molecule has 0 spiro atoms. The van der Waals surface area contributed by atoms with Crippen molar-refractivity contribution in [1.29, 1.82) is 0 Å². The molecule has 2 aliphatic rings. The van der Waals surface area contributed by atoms with Crippen LogP contribution in [0.15, 0.2) is 0 Å². The van der Waals surface area contributed by atoms with Gasteiger partial charge in [0.2, 0.25) is 0 Å². The lowest BCUT2D eigenvalue weighted by Crippen LogP contribution is -2.54. The number of nitrogens with zero attached hydrogens (tertiary/aromatic N) is 1. The highest BCUT2D eigenvalue weighted by molar-refractivity contribution is 4.99. The van der Waals surface area contributed by atoms with E-state index in [-0.39, 0.29) is 5.54 Å². The first-order valence-corrected chi connectivity index (χ1v) is 7.34. The smallest absolute Gasteiger partial charge is 0.0444 e. The predicted molar refractivity (Wildman–Crippen MR) is 73.1 cm³/mol. The molecule has 1 aliphatic carbocycles. The third-order valence-electron chi connectivity index (χ3n) is 4.78. The fourth-order valence-corrected chi connectivity index (χ4v) is 3.05. The van der Waals surface area contributed by atoms with Gasteiger partial charge in [0.1, 0.15) is 0 Å². The summed E-state index contributed by atoms with van der Waals surface area (Å²) in [5.74, 6) is 1.000. The molecule has 0 bridgehead atoms. The van der Waals surface area contributed by atoms with Gasteiger partial charge in [0, 0.05) is 31.2 Å². The molecule has 2 rings (SSSR count). The zero-order chi connectivity index (χ0) is 12.3. The van der Waals surface area contributed by atoms with Crippen LogP contribution in [0.1, 0.15) is 46.0 Å². The van der Waals surface area contributed by atoms with Gasteiger partial charge in [-0.15, -0.1) is 0 Å². The van der Waals surface area contributed by atoms with Crippen molar-refractivity contribution in [1.82, 2.24) is 10.2 Å². The molecule has 3 heteroatoms. The normalized spacial score (nSPS) is 31.1. The summed E-state index contributed by atoms with van der Waals surface area (Å²) in [5, 5.41) is 3.76. The summed E-state index contributed by atoms with van der Waals surface area (Å²) in [6, 6.07) is 0.650. The summed E-state index contributed by atoms with van der Waals surface area (Å²) in [4.78, 5) is 2.54. The molecular formula is C14H29N3. The average Bonchev–Trinajstić information content (AvgIpc) is 2.67. The molecule has 0 amide bonds. The third kappa shape index (κ3) is 3.21. The van der Waals surface area contributed by atoms with Crippen LogP contribution in [0.25, 0.3) is 0 Å². The summed E-state index contributed by atoms with van der Waals surface area (Å²) in [6.07, 6.45) is 6.93. The van der Waals surface area contributed by atoms with E-state index in [1.54, 1.807) is 0 Å². The van der Waals surface area contributed by atoms with Gasteiger partial charge in [0.15, 0.2) is 0 Å². The first kappa shape index (κ1) is 13.3. The Morgan fingerprint density at radius 2 is 2.18 bits per heavy atom. The molecular weight excluding hydrogens is 210 g/mol. The summed E-state index contributed by atoms with van der Waals surface area (Å²) in [5.41, 5.74) is 6.21. The summed E-state index contributed by atoms with van der Waals surface area (Å²) < 4.78 is 0. The minimum absolute atomic E-state index is 0.202. The molecule has 1 saturated carbocycles. The van der Waals surface area contributed by atoms with E-state index in [1.807, 2.05) is 0 Å². The maximum atomic E-state index is 6.01. The summed E-state index contributed by atoms with van der Waals surface area (Å²) >= 11 is 0. The minimum atomic E-state index is 0.202. The molecule has 1 unspecified atom stereocenters. The van der Waals surface area contributed by atoms with Crippen molar-refractivity contribution < 1.29 is 0 Å². The average molecular weight is 239 g/mol. The van der Waals surface area contributed by atoms with Crippen molar-refractivity contribution in [3.63, 3.8) is 0 Å². The molecule has 100 valence electrons. The Balaban J connectivity index is 1.75. The molecule has 0 aromatic carbocycles. The third-order valence-corrected chi connectivity index (χ3v) is 4.78. The number of hydrogen-bond donors (Lipinski definition) is 2. The van der Waals surface area contributed by atoms with Crippen LogP contribution in [0.5, 0.6) is 0 Å². The largest absolute Gasteiger partial charge is 0.329 e. The van der Waals surface area contributed by atoms with Crippen molar-refractivity contribution >= 4 is 0 Å². The van der Waals surface area contributed by atoms with Gasteiger partial charge in [-0.25, -0.2) is 0 Å². The first-order valence-electron chi connectivity index (χ1n) is 7.34. The van der Waals surface area contributed by atoms with Gasteiger partial charge in [-0.3, -0.25) is 4.90 Å². The molecule has 0 radical (unpaired) electrons. The molecule has 1 atom stereocenters. The lowest BCUT2D eigenvalue weighted by Gasteiger charge is -2.32. The van der Waals surface area contributed by atoms with E-state index in [2.05, 4.69) is 24.1 Å². The number of nitrogens with two attached hydrogens (primary N) is 1. The number of rotatable bonds is 6. The number of hydrogen-bond acceptors (Lipinski definition) is 3. The van der Waals surface area contributed by atoms with Crippen molar-refractivity contribution in [3.05, 3.63) is 0 Å². The molecule has 1 aliphatic heterocycles. The second-order valence-corrected chi connectivity index (χ2v) is 6.31. The van der Waals surface area contributed by atoms with E-state index in [1.165, 1.54) is 38.6 Å². The Labute approximate surface area is 106 Å². The van der Waals surface area contributed by atoms with Crippen LogP contribution in [0.3, 0.4) is 0 Å². The van der Waals surface area contributed by atoms with E-state index >= 15 is 0 Å². The van der Waals surface area contributed by atoms with Crippen molar-refractivity contribution in [3.8, 4) is 0 Å². The van der Waals surface area contributed by atoms with Crippen LogP contribution in [0.2, 0.25) is 0 Å². The first-order chi connectivity index (χ1) is 8.15. The van der Waals surface area contributed by atoms with E-state index in [0.717, 1.165) is 25.6 Å². The van der Waals surface area contributed by atoms with E-state index in [4.69, 9.17) is 5.73 Å². The Morgan fingerprint density at radius 3 is 2.65 bits per heavy atom. The van der Waals surface area contributed by atoms with Gasteiger partial charge in [-0.1, -0.05) is 19.3 Å². The predicted octanol–water partition coefficient (Wildman–Crippen LogP) is 1.58. The van der Waals surface area contributed by atoms with Crippen LogP contribution in [-0.2, 0) is 0 Å². The number of likely N-dealkylation sites (tertiary alicyclic amines) is 1. The van der Waals surface area contributed by atoms with Crippen molar-refractivity contribution in [2.45, 2.75) is 57.5 Å². The van der Waals surface area contributed by atoms with Gasteiger partial charge in [-0.2, -0.15) is 0 Å². The number of nitrogens with one attached hydrogen (secondary N) is 1. The standard InChI is InChI=1S/C14H29N3/c1-12(2)17-9-7-14(10-15,11-17)16-8-6-13-4-3-5-13/h12-13,16H,3-11,15H2,1-2H3. The highest BCUT2D eigenvalue weighted by Crippen LogP contribution is 2.29. The summed E-state index contributed by atoms with van der Waals surface area (Å²) in [7, 11) is 0. The lowest BCUT2D eigenvalue weighted by molar-refractivity contribution is 0.231. The second-order valence-electron chi connectivity index (χ2n) is 6.31. The molecule has 17 heavy (non-hydrogen) atoms. The molecule has 3 N–H and O–H groups in total. The fraction of sp³-hybridized carbons (Fsp3) is 1.00. The van der Waals surface area contributed by atoms with Gasteiger partial charge >= 0.3 is 0 Å². The van der Waals surface area contributed by atoms with Gasteiger partial charge in [0.05, 0.1) is 0 Å². The SMILES string of the molecule is CC(C)N1CCC(CN)(NCCC2CCC2)C1. The Bertz CT molecular complexity index is 238. The van der Waals surface area contributed by atoms with Crippen LogP contribution in [0, 0.1) is 5.92 Å². The Hall–Kier alpha value is -0.120. The van der Waals surface area contributed by atoms with E-state index < -0.39 is 0 Å². The fourth-order valence-electron chi connectivity index (χ4n) is 3.05. The summed E-state index contributed by atoms with van der Waals surface area (Å²) in [6.45, 7) is 8.83. The molecule has 0 aromatic rings. The zero-order valence-corrected chi connectivity index (χ0v) is 11.5. The van der Waals surface area contributed by atoms with E-state index in [9.17, 15) is 0 Å². The van der Waals surface area contributed by atoms with Crippen LogP contribution >= 0.6 is 0 Å². The van der Waals surface area contributed by atoms with Crippen molar-refractivity contribution in [2.75, 3.05) is 26.2 Å². The quantitative estimate of drug-likeness (QED) is 0.739. The maximum Gasteiger partial charge on any atom is 0.0444 e. The van der Waals surface area contributed by atoms with Crippen molar-refractivity contribution in [2.24, 2.45) is 11.7 Å². The zero-order valence-electron chi connectivity index (χ0n) is 11.5. The maximum absolute atomic E-state index is 6.01. The Morgan fingerprint density at radius 1 is 1.41 bits per heavy atom. The monoisotopic (exact) mass is 239 g/mol. The lowest BCUT2D eigenvalue weighted by atomic mass is 9.83. The molecule has 2 fully saturated rings. The van der Waals surface area contributed by atoms with Gasteiger partial charge in [-0.05, 0) is 39.2 Å². The van der Waals surface area contributed by atoms with Crippen LogP contribution in [0.4, 0.5) is 0 Å². The molecule has 0 aromatic heterocycles. The van der Waals surface area contributed by atoms with Crippen LogP contribution < -0.4 is 11.1 Å². The highest BCUT2D eigenvalue weighted by Gasteiger charge is 2.37. The van der Waals surface area contributed by atoms with Gasteiger partial charge < -0.3 is 11.1 Å². The van der Waals surface area contributed by atoms with E-state index in [0.29, 0.717) is 6.04 Å². The molecule has 1 saturated heterocycles. The molecule has 3 nitrogen and oxygen atoms in total. The molecule has 1 heterocycles. The van der Waals surface area contributed by atoms with Crippen LogP contribution in [-0.4, -0.2) is 42.7 Å². The minimum Gasteiger partial charge on any atom is -0.329 e. The highest BCUT2D eigenvalue weighted by atomic mass is 15.2. The Kier molecular flexibility index (Phi) is 4.45. The van der Waals surface area contributed by atoms with Gasteiger partial charge in [0.25, 0.3) is 0 Å². The topological polar surface area (TPSA) is 41.3 Å².